The van der Waals surface area contributed by atoms with Crippen molar-refractivity contribution in [2.75, 3.05) is 5.32 Å². The van der Waals surface area contributed by atoms with Crippen molar-refractivity contribution in [2.24, 2.45) is 0 Å². The molecule has 0 aliphatic carbocycles. The minimum Gasteiger partial charge on any atom is -0.478 e. The van der Waals surface area contributed by atoms with E-state index in [1.807, 2.05) is 24.3 Å². The van der Waals surface area contributed by atoms with Gasteiger partial charge in [-0.2, -0.15) is 0 Å². The fraction of sp³-hybridized carbons (Fsp3) is 0.158. The van der Waals surface area contributed by atoms with Crippen molar-refractivity contribution in [2.45, 2.75) is 19.8 Å². The van der Waals surface area contributed by atoms with E-state index in [0.717, 1.165) is 5.56 Å². The Hall–Kier alpha value is -2.40. The summed E-state index contributed by atoms with van der Waals surface area (Å²) in [5.74, 6) is -1.02. The molecule has 0 bridgehead atoms. The van der Waals surface area contributed by atoms with Gasteiger partial charge in [-0.15, -0.1) is 0 Å². The number of carbonyl (C=O) groups is 2. The van der Waals surface area contributed by atoms with E-state index in [9.17, 15) is 14.7 Å². The Morgan fingerprint density at radius 1 is 1.12 bits per heavy atom. The minimum absolute atomic E-state index is 0.0346. The molecule has 0 spiro atoms. The summed E-state index contributed by atoms with van der Waals surface area (Å²) in [6, 6.07) is 12.6. The van der Waals surface area contributed by atoms with Gasteiger partial charge in [0, 0.05) is 10.5 Å². The Labute approximate surface area is 149 Å². The first-order valence-electron chi connectivity index (χ1n) is 7.48. The standard InChI is InChI=1S/C19H18BrNO3/c1-12(2)14-6-3-13(4-7-14)5-10-18(22)21-17-9-8-15(20)11-16(17)19(23)24/h3-12H,1-2H3,(H,21,22)(H,23,24)/b10-5+. The SMILES string of the molecule is CC(C)c1ccc(/C=C/C(=O)Nc2ccc(Br)cc2C(=O)O)cc1. The molecular formula is C19H18BrNO3. The van der Waals surface area contributed by atoms with Crippen LogP contribution in [0.2, 0.25) is 0 Å². The second kappa shape index (κ2) is 7.93. The monoisotopic (exact) mass is 387 g/mol. The van der Waals surface area contributed by atoms with Gasteiger partial charge in [0.15, 0.2) is 0 Å². The van der Waals surface area contributed by atoms with E-state index in [1.165, 1.54) is 17.7 Å². The third kappa shape index (κ3) is 4.80. The lowest BCUT2D eigenvalue weighted by Crippen LogP contribution is -2.12. The molecule has 0 aliphatic heterocycles. The summed E-state index contributed by atoms with van der Waals surface area (Å²) in [6.07, 6.45) is 3.08. The molecule has 0 aliphatic rings. The van der Waals surface area contributed by atoms with Gasteiger partial charge >= 0.3 is 5.97 Å². The van der Waals surface area contributed by atoms with Gasteiger partial charge in [-0.3, -0.25) is 4.79 Å². The number of hydrogen-bond donors (Lipinski definition) is 2. The van der Waals surface area contributed by atoms with Gasteiger partial charge in [-0.05, 0) is 41.3 Å². The number of carbonyl (C=O) groups excluding carboxylic acids is 1. The number of hydrogen-bond acceptors (Lipinski definition) is 2. The van der Waals surface area contributed by atoms with Crippen LogP contribution in [-0.4, -0.2) is 17.0 Å². The van der Waals surface area contributed by atoms with E-state index >= 15 is 0 Å². The smallest absolute Gasteiger partial charge is 0.337 e. The minimum atomic E-state index is -1.10. The van der Waals surface area contributed by atoms with Crippen molar-refractivity contribution in [3.8, 4) is 0 Å². The van der Waals surface area contributed by atoms with Crippen LogP contribution in [0.25, 0.3) is 6.08 Å². The van der Waals surface area contributed by atoms with E-state index in [1.54, 1.807) is 18.2 Å². The molecular weight excluding hydrogens is 370 g/mol. The van der Waals surface area contributed by atoms with Crippen molar-refractivity contribution in [1.82, 2.24) is 0 Å². The Balaban J connectivity index is 2.09. The normalized spacial score (nSPS) is 11.0. The van der Waals surface area contributed by atoms with Gasteiger partial charge in [0.05, 0.1) is 11.3 Å². The number of rotatable bonds is 5. The number of benzene rings is 2. The Kier molecular flexibility index (Phi) is 5.93. The summed E-state index contributed by atoms with van der Waals surface area (Å²) in [5.41, 5.74) is 2.43. The number of carboxylic acids is 1. The summed E-state index contributed by atoms with van der Waals surface area (Å²) < 4.78 is 0.638. The van der Waals surface area contributed by atoms with Crippen molar-refractivity contribution < 1.29 is 14.7 Å². The molecule has 0 fully saturated rings. The predicted molar refractivity (Wildman–Crippen MR) is 99.3 cm³/mol. The number of aromatic carboxylic acids is 1. The number of halogens is 1. The molecule has 0 saturated carbocycles. The van der Waals surface area contributed by atoms with E-state index in [4.69, 9.17) is 0 Å². The quantitative estimate of drug-likeness (QED) is 0.715. The lowest BCUT2D eigenvalue weighted by Gasteiger charge is -2.07. The van der Waals surface area contributed by atoms with Crippen molar-refractivity contribution in [3.63, 3.8) is 0 Å². The zero-order valence-electron chi connectivity index (χ0n) is 13.4. The van der Waals surface area contributed by atoms with Crippen molar-refractivity contribution in [3.05, 3.63) is 69.7 Å². The second-order valence-corrected chi connectivity index (χ2v) is 6.55. The van der Waals surface area contributed by atoms with Gasteiger partial charge < -0.3 is 10.4 Å². The average molecular weight is 388 g/mol. The fourth-order valence-electron chi connectivity index (χ4n) is 2.14. The molecule has 4 nitrogen and oxygen atoms in total. The third-order valence-electron chi connectivity index (χ3n) is 3.50. The maximum atomic E-state index is 12.0. The maximum Gasteiger partial charge on any atom is 0.337 e. The molecule has 0 aromatic heterocycles. The van der Waals surface area contributed by atoms with Crippen molar-refractivity contribution in [1.29, 1.82) is 0 Å². The van der Waals surface area contributed by atoms with Gasteiger partial charge in [-0.25, -0.2) is 4.79 Å². The molecule has 1 amide bonds. The van der Waals surface area contributed by atoms with Gasteiger partial charge in [0.25, 0.3) is 0 Å². The molecule has 124 valence electrons. The Morgan fingerprint density at radius 2 is 1.79 bits per heavy atom. The molecule has 5 heteroatoms. The second-order valence-electron chi connectivity index (χ2n) is 5.64. The zero-order chi connectivity index (χ0) is 17.7. The molecule has 24 heavy (non-hydrogen) atoms. The highest BCUT2D eigenvalue weighted by atomic mass is 79.9. The lowest BCUT2D eigenvalue weighted by molar-refractivity contribution is -0.111. The van der Waals surface area contributed by atoms with Crippen LogP contribution in [-0.2, 0) is 4.79 Å². The Morgan fingerprint density at radius 3 is 2.38 bits per heavy atom. The molecule has 0 saturated heterocycles. The van der Waals surface area contributed by atoms with Crippen LogP contribution < -0.4 is 5.32 Å². The first-order valence-corrected chi connectivity index (χ1v) is 8.28. The highest BCUT2D eigenvalue weighted by Gasteiger charge is 2.11. The van der Waals surface area contributed by atoms with Gasteiger partial charge in [0.1, 0.15) is 0 Å². The number of nitrogens with one attached hydrogen (secondary N) is 1. The molecule has 2 aromatic carbocycles. The van der Waals surface area contributed by atoms with E-state index in [0.29, 0.717) is 10.4 Å². The predicted octanol–water partition coefficient (Wildman–Crippen LogP) is 4.92. The van der Waals surface area contributed by atoms with Crippen LogP contribution >= 0.6 is 15.9 Å². The van der Waals surface area contributed by atoms with Gasteiger partial charge in [-0.1, -0.05) is 54.0 Å². The van der Waals surface area contributed by atoms with Crippen molar-refractivity contribution >= 4 is 39.6 Å². The number of anilines is 1. The molecule has 0 radical (unpaired) electrons. The van der Waals surface area contributed by atoms with E-state index in [-0.39, 0.29) is 17.2 Å². The summed E-state index contributed by atoms with van der Waals surface area (Å²) in [5, 5.41) is 11.8. The molecule has 0 unspecified atom stereocenters. The van der Waals surface area contributed by atoms with Crippen LogP contribution in [0.4, 0.5) is 5.69 Å². The van der Waals surface area contributed by atoms with E-state index < -0.39 is 5.97 Å². The lowest BCUT2D eigenvalue weighted by atomic mass is 10.0. The first-order chi connectivity index (χ1) is 11.4. The zero-order valence-corrected chi connectivity index (χ0v) is 15.0. The summed E-state index contributed by atoms with van der Waals surface area (Å²) >= 11 is 3.22. The molecule has 0 atom stereocenters. The van der Waals surface area contributed by atoms with Crippen LogP contribution in [0.1, 0.15) is 41.3 Å². The summed E-state index contributed by atoms with van der Waals surface area (Å²) in [6.45, 7) is 4.24. The number of carboxylic acid groups (broad SMARTS) is 1. The van der Waals surface area contributed by atoms with E-state index in [2.05, 4.69) is 35.1 Å². The van der Waals surface area contributed by atoms with Crippen LogP contribution in [0.5, 0.6) is 0 Å². The maximum absolute atomic E-state index is 12.0. The highest BCUT2D eigenvalue weighted by molar-refractivity contribution is 9.10. The molecule has 2 N–H and O–H groups in total. The van der Waals surface area contributed by atoms with Crippen LogP contribution in [0, 0.1) is 0 Å². The topological polar surface area (TPSA) is 66.4 Å². The van der Waals surface area contributed by atoms with Crippen LogP contribution in [0.3, 0.4) is 0 Å². The number of amides is 1. The largest absolute Gasteiger partial charge is 0.478 e. The van der Waals surface area contributed by atoms with Crippen LogP contribution in [0.15, 0.2) is 53.0 Å². The molecule has 0 heterocycles. The van der Waals surface area contributed by atoms with Gasteiger partial charge in [0.2, 0.25) is 5.91 Å². The molecule has 2 rings (SSSR count). The average Bonchev–Trinajstić information content (AvgIpc) is 2.54. The fourth-order valence-corrected chi connectivity index (χ4v) is 2.50. The third-order valence-corrected chi connectivity index (χ3v) is 3.99. The Bertz CT molecular complexity index is 780. The molecule has 2 aromatic rings. The first kappa shape index (κ1) is 17.9. The summed E-state index contributed by atoms with van der Waals surface area (Å²) in [4.78, 5) is 23.2. The summed E-state index contributed by atoms with van der Waals surface area (Å²) in [7, 11) is 0. The highest BCUT2D eigenvalue weighted by Crippen LogP contribution is 2.21.